The molecular weight excluding hydrogens is 312 g/mol. The molecule has 96 valence electrons. The van der Waals surface area contributed by atoms with Crippen molar-refractivity contribution in [3.8, 4) is 0 Å². The van der Waals surface area contributed by atoms with Gasteiger partial charge in [-0.2, -0.15) is 0 Å². The van der Waals surface area contributed by atoms with Gasteiger partial charge in [-0.1, -0.05) is 22.4 Å². The van der Waals surface area contributed by atoms with Crippen LogP contribution in [0.5, 0.6) is 0 Å². The van der Waals surface area contributed by atoms with Crippen molar-refractivity contribution in [3.63, 3.8) is 0 Å². The van der Waals surface area contributed by atoms with Gasteiger partial charge in [0.1, 0.15) is 10.7 Å². The van der Waals surface area contributed by atoms with Crippen LogP contribution in [0.4, 0.5) is 0 Å². The van der Waals surface area contributed by atoms with E-state index >= 15 is 0 Å². The third kappa shape index (κ3) is 2.14. The fraction of sp³-hybridized carbons (Fsp3) is 0.538. The number of hydrogen-bond donors (Lipinski definition) is 1. The minimum absolute atomic E-state index is 0.0513. The summed E-state index contributed by atoms with van der Waals surface area (Å²) in [6, 6.07) is 0. The van der Waals surface area contributed by atoms with Gasteiger partial charge in [-0.25, -0.2) is 4.98 Å². The second-order valence-corrected chi connectivity index (χ2v) is 6.57. The molecular formula is C13H15BrN2OS. The first-order valence-corrected chi connectivity index (χ1v) is 8.33. The molecule has 0 spiro atoms. The Morgan fingerprint density at radius 3 is 2.94 bits per heavy atom. The van der Waals surface area contributed by atoms with Gasteiger partial charge in [-0.15, -0.1) is 11.3 Å². The molecule has 0 saturated heterocycles. The number of alkyl halides is 1. The second kappa shape index (κ2) is 5.13. The van der Waals surface area contributed by atoms with Crippen LogP contribution in [0.2, 0.25) is 0 Å². The second-order valence-electron chi connectivity index (χ2n) is 4.70. The molecule has 2 heterocycles. The molecule has 0 atom stereocenters. The minimum Gasteiger partial charge on any atom is -0.310 e. The molecule has 0 amide bonds. The molecule has 0 unspecified atom stereocenters. The van der Waals surface area contributed by atoms with Gasteiger partial charge in [0.05, 0.1) is 5.39 Å². The van der Waals surface area contributed by atoms with Gasteiger partial charge < -0.3 is 4.98 Å². The van der Waals surface area contributed by atoms with E-state index in [4.69, 9.17) is 0 Å². The molecule has 0 fully saturated rings. The average molecular weight is 327 g/mol. The Labute approximate surface area is 118 Å². The first-order valence-electron chi connectivity index (χ1n) is 6.39. The van der Waals surface area contributed by atoms with Gasteiger partial charge in [0.15, 0.2) is 0 Å². The summed E-state index contributed by atoms with van der Waals surface area (Å²) in [6.45, 7) is 0. The lowest BCUT2D eigenvalue weighted by atomic mass is 10.1. The molecule has 3 nitrogen and oxygen atoms in total. The summed E-state index contributed by atoms with van der Waals surface area (Å²) >= 11 is 5.10. The summed E-state index contributed by atoms with van der Waals surface area (Å²) < 4.78 is 0. The molecule has 1 aliphatic carbocycles. The number of halogens is 1. The smallest absolute Gasteiger partial charge is 0.259 e. The predicted octanol–water partition coefficient (Wildman–Crippen LogP) is 3.19. The van der Waals surface area contributed by atoms with Gasteiger partial charge in [-0.3, -0.25) is 4.79 Å². The summed E-state index contributed by atoms with van der Waals surface area (Å²) in [5.74, 6) is 0.792. The summed E-state index contributed by atoms with van der Waals surface area (Å²) in [7, 11) is 0. The molecule has 2 aromatic rings. The van der Waals surface area contributed by atoms with Crippen molar-refractivity contribution in [2.75, 3.05) is 5.33 Å². The molecule has 18 heavy (non-hydrogen) atoms. The fourth-order valence-electron chi connectivity index (χ4n) is 2.59. The van der Waals surface area contributed by atoms with Crippen LogP contribution in [0.25, 0.3) is 10.2 Å². The van der Waals surface area contributed by atoms with E-state index in [9.17, 15) is 4.79 Å². The Morgan fingerprint density at radius 2 is 2.11 bits per heavy atom. The minimum atomic E-state index is 0.0513. The highest BCUT2D eigenvalue weighted by atomic mass is 79.9. The van der Waals surface area contributed by atoms with Crippen LogP contribution < -0.4 is 5.56 Å². The maximum absolute atomic E-state index is 12.2. The van der Waals surface area contributed by atoms with Gasteiger partial charge in [-0.05, 0) is 31.2 Å². The van der Waals surface area contributed by atoms with E-state index in [1.54, 1.807) is 11.3 Å². The highest BCUT2D eigenvalue weighted by molar-refractivity contribution is 9.09. The van der Waals surface area contributed by atoms with Crippen LogP contribution in [0.3, 0.4) is 0 Å². The van der Waals surface area contributed by atoms with Gasteiger partial charge >= 0.3 is 0 Å². The van der Waals surface area contributed by atoms with E-state index in [1.165, 1.54) is 29.7 Å². The van der Waals surface area contributed by atoms with Crippen LogP contribution in [-0.2, 0) is 19.3 Å². The molecule has 0 aliphatic heterocycles. The van der Waals surface area contributed by atoms with E-state index in [0.29, 0.717) is 0 Å². The number of aromatic amines is 1. The monoisotopic (exact) mass is 326 g/mol. The highest BCUT2D eigenvalue weighted by Gasteiger charge is 2.18. The van der Waals surface area contributed by atoms with Crippen LogP contribution >= 0.6 is 27.3 Å². The molecule has 0 aromatic carbocycles. The normalized spacial score (nSPS) is 15.6. The molecule has 0 bridgehead atoms. The fourth-order valence-corrected chi connectivity index (χ4v) is 4.25. The maximum atomic E-state index is 12.2. The third-order valence-corrected chi connectivity index (χ3v) is 5.04. The third-order valence-electron chi connectivity index (χ3n) is 3.46. The van der Waals surface area contributed by atoms with Crippen LogP contribution in [0.15, 0.2) is 4.79 Å². The quantitative estimate of drug-likeness (QED) is 0.680. The lowest BCUT2D eigenvalue weighted by Crippen LogP contribution is -2.12. The lowest BCUT2D eigenvalue weighted by molar-refractivity contribution is 0.713. The van der Waals surface area contributed by atoms with E-state index in [0.717, 1.165) is 40.6 Å². The van der Waals surface area contributed by atoms with Crippen LogP contribution in [0, 0.1) is 0 Å². The lowest BCUT2D eigenvalue weighted by Gasteiger charge is -1.99. The summed E-state index contributed by atoms with van der Waals surface area (Å²) in [5, 5.41) is 1.68. The van der Waals surface area contributed by atoms with Gasteiger partial charge in [0.2, 0.25) is 0 Å². The zero-order chi connectivity index (χ0) is 12.5. The number of nitrogens with zero attached hydrogens (tertiary/aromatic N) is 1. The molecule has 1 N–H and O–H groups in total. The standard InChI is InChI=1S/C13H15BrN2OS/c14-7-6-10-15-12(17)11-8-4-2-1-3-5-9(8)18-13(11)16-10/h1-7H2,(H,15,16,17). The number of fused-ring (bicyclic) bond motifs is 3. The maximum Gasteiger partial charge on any atom is 0.259 e. The highest BCUT2D eigenvalue weighted by Crippen LogP contribution is 2.32. The number of thiophene rings is 1. The van der Waals surface area contributed by atoms with E-state index < -0.39 is 0 Å². The topological polar surface area (TPSA) is 45.8 Å². The van der Waals surface area contributed by atoms with Crippen molar-refractivity contribution in [1.29, 1.82) is 0 Å². The molecule has 0 saturated carbocycles. The predicted molar refractivity (Wildman–Crippen MR) is 79.0 cm³/mol. The Kier molecular flexibility index (Phi) is 3.52. The van der Waals surface area contributed by atoms with Crippen LogP contribution in [0.1, 0.15) is 35.5 Å². The average Bonchev–Trinajstić information content (AvgIpc) is 2.53. The number of hydrogen-bond acceptors (Lipinski definition) is 3. The number of rotatable bonds is 2. The first kappa shape index (κ1) is 12.4. The van der Waals surface area contributed by atoms with Crippen LogP contribution in [-0.4, -0.2) is 15.3 Å². The SMILES string of the molecule is O=c1[nH]c(CCBr)nc2sc3c(c12)CCCCC3. The van der Waals surface area contributed by atoms with Crippen molar-refractivity contribution >= 4 is 37.5 Å². The Hall–Kier alpha value is -0.680. The molecule has 0 radical (unpaired) electrons. The number of nitrogens with one attached hydrogen (secondary N) is 1. The largest absolute Gasteiger partial charge is 0.310 e. The van der Waals surface area contributed by atoms with Crippen molar-refractivity contribution in [2.24, 2.45) is 0 Å². The molecule has 1 aliphatic rings. The summed E-state index contributed by atoms with van der Waals surface area (Å²) in [4.78, 5) is 22.0. The van der Waals surface area contributed by atoms with Gasteiger partial charge in [0, 0.05) is 16.6 Å². The van der Waals surface area contributed by atoms with Crippen molar-refractivity contribution in [2.45, 2.75) is 38.5 Å². The Balaban J connectivity index is 2.19. The number of aryl methyl sites for hydroxylation is 3. The zero-order valence-corrected chi connectivity index (χ0v) is 12.5. The van der Waals surface area contributed by atoms with E-state index in [2.05, 4.69) is 25.9 Å². The molecule has 3 rings (SSSR count). The number of H-pyrrole nitrogens is 1. The van der Waals surface area contributed by atoms with Gasteiger partial charge in [0.25, 0.3) is 5.56 Å². The molecule has 5 heteroatoms. The molecule has 2 aromatic heterocycles. The number of aromatic nitrogens is 2. The first-order chi connectivity index (χ1) is 8.79. The Morgan fingerprint density at radius 1 is 1.28 bits per heavy atom. The van der Waals surface area contributed by atoms with E-state index in [1.807, 2.05) is 0 Å². The van der Waals surface area contributed by atoms with Crippen molar-refractivity contribution in [3.05, 3.63) is 26.6 Å². The Bertz CT molecular complexity index is 632. The zero-order valence-electron chi connectivity index (χ0n) is 10.1. The summed E-state index contributed by atoms with van der Waals surface area (Å²) in [6.07, 6.45) is 6.64. The van der Waals surface area contributed by atoms with Crippen molar-refractivity contribution in [1.82, 2.24) is 9.97 Å². The van der Waals surface area contributed by atoms with Crippen molar-refractivity contribution < 1.29 is 0 Å². The van der Waals surface area contributed by atoms with E-state index in [-0.39, 0.29) is 5.56 Å². The summed E-state index contributed by atoms with van der Waals surface area (Å²) in [5.41, 5.74) is 1.32.